The Morgan fingerprint density at radius 3 is 2.92 bits per heavy atom. The molecule has 0 bridgehead atoms. The second-order valence-electron chi connectivity index (χ2n) is 6.44. The molecule has 0 spiro atoms. The molecule has 0 radical (unpaired) electrons. The minimum absolute atomic E-state index is 0.0385. The van der Waals surface area contributed by atoms with Crippen LogP contribution >= 0.6 is 0 Å². The number of rotatable bonds is 4. The largest absolute Gasteiger partial charge is 0.497 e. The predicted octanol–water partition coefficient (Wildman–Crippen LogP) is 2.30. The van der Waals surface area contributed by atoms with Crippen LogP contribution in [0.5, 0.6) is 5.75 Å². The second-order valence-corrected chi connectivity index (χ2v) is 6.44. The summed E-state index contributed by atoms with van der Waals surface area (Å²) in [5.74, 6) is 1.37. The third-order valence-corrected chi connectivity index (χ3v) is 4.79. The molecular formula is C19H23N3O3. The van der Waals surface area contributed by atoms with Gasteiger partial charge in [-0.1, -0.05) is 12.1 Å². The average molecular weight is 341 g/mol. The summed E-state index contributed by atoms with van der Waals surface area (Å²) in [6.07, 6.45) is 2.03. The maximum absolute atomic E-state index is 12.8. The Morgan fingerprint density at radius 2 is 2.20 bits per heavy atom. The number of aryl methyl sites for hydroxylation is 1. The van der Waals surface area contributed by atoms with Crippen molar-refractivity contribution in [1.29, 1.82) is 0 Å². The molecule has 1 fully saturated rings. The summed E-state index contributed by atoms with van der Waals surface area (Å²) in [5, 5.41) is 0. The lowest BCUT2D eigenvalue weighted by molar-refractivity contribution is -0.131. The molecule has 0 saturated carbocycles. The number of likely N-dealkylation sites (tertiary alicyclic amines) is 1. The first-order valence-corrected chi connectivity index (χ1v) is 8.49. The van der Waals surface area contributed by atoms with Crippen molar-refractivity contribution in [2.75, 3.05) is 13.7 Å². The Morgan fingerprint density at radius 1 is 1.40 bits per heavy atom. The van der Waals surface area contributed by atoms with Gasteiger partial charge in [-0.25, -0.2) is 4.98 Å². The number of aromatic amines is 1. The Hall–Kier alpha value is -2.63. The Balaban J connectivity index is 1.81. The topological polar surface area (TPSA) is 75.3 Å². The first-order chi connectivity index (χ1) is 12.0. The summed E-state index contributed by atoms with van der Waals surface area (Å²) < 4.78 is 5.22. The van der Waals surface area contributed by atoms with E-state index in [9.17, 15) is 9.59 Å². The number of carbonyl (C=O) groups excluding carboxylic acids is 1. The molecule has 1 aromatic heterocycles. The number of aromatic nitrogens is 2. The molecule has 1 aliphatic rings. The number of H-pyrrole nitrogens is 1. The van der Waals surface area contributed by atoms with Crippen molar-refractivity contribution in [3.8, 4) is 5.75 Å². The molecule has 2 aromatic rings. The van der Waals surface area contributed by atoms with Gasteiger partial charge in [0, 0.05) is 17.8 Å². The molecule has 0 aliphatic carbocycles. The van der Waals surface area contributed by atoms with Crippen molar-refractivity contribution in [2.45, 2.75) is 39.2 Å². The van der Waals surface area contributed by atoms with Gasteiger partial charge in [-0.05, 0) is 44.4 Å². The summed E-state index contributed by atoms with van der Waals surface area (Å²) in [4.78, 5) is 34.0. The van der Waals surface area contributed by atoms with E-state index in [1.807, 2.05) is 36.1 Å². The van der Waals surface area contributed by atoms with Crippen molar-refractivity contribution >= 4 is 5.91 Å². The molecule has 1 saturated heterocycles. The van der Waals surface area contributed by atoms with Gasteiger partial charge in [0.1, 0.15) is 11.6 Å². The van der Waals surface area contributed by atoms with Gasteiger partial charge in [-0.15, -0.1) is 0 Å². The van der Waals surface area contributed by atoms with Crippen LogP contribution in [0.15, 0.2) is 29.1 Å². The zero-order chi connectivity index (χ0) is 18.0. The Bertz CT molecular complexity index is 844. The number of hydrogen-bond acceptors (Lipinski definition) is 4. The fraction of sp³-hybridized carbons (Fsp3) is 0.421. The number of carbonyl (C=O) groups is 1. The highest BCUT2D eigenvalue weighted by Crippen LogP contribution is 2.30. The molecule has 2 heterocycles. The van der Waals surface area contributed by atoms with Crippen LogP contribution in [0.2, 0.25) is 0 Å². The quantitative estimate of drug-likeness (QED) is 0.926. The van der Waals surface area contributed by atoms with E-state index in [2.05, 4.69) is 9.97 Å². The molecule has 1 N–H and O–H groups in total. The zero-order valence-electron chi connectivity index (χ0n) is 14.8. The fourth-order valence-corrected chi connectivity index (χ4v) is 3.23. The number of hydrogen-bond donors (Lipinski definition) is 1. The molecular weight excluding hydrogens is 318 g/mol. The number of benzene rings is 1. The van der Waals surface area contributed by atoms with E-state index >= 15 is 0 Å². The minimum Gasteiger partial charge on any atom is -0.497 e. The lowest BCUT2D eigenvalue weighted by Gasteiger charge is -2.24. The highest BCUT2D eigenvalue weighted by atomic mass is 16.5. The normalized spacial score (nSPS) is 16.9. The molecule has 25 heavy (non-hydrogen) atoms. The Kier molecular flexibility index (Phi) is 4.88. The van der Waals surface area contributed by atoms with E-state index < -0.39 is 0 Å². The molecule has 1 atom stereocenters. The molecule has 132 valence electrons. The van der Waals surface area contributed by atoms with E-state index in [0.29, 0.717) is 30.0 Å². The molecule has 1 amide bonds. The van der Waals surface area contributed by atoms with E-state index in [1.54, 1.807) is 14.0 Å². The van der Waals surface area contributed by atoms with Crippen LogP contribution in [-0.2, 0) is 11.2 Å². The molecule has 1 unspecified atom stereocenters. The number of methoxy groups -OCH3 is 1. The van der Waals surface area contributed by atoms with Gasteiger partial charge in [0.2, 0.25) is 5.91 Å². The number of nitrogens with one attached hydrogen (secondary N) is 1. The van der Waals surface area contributed by atoms with E-state index in [0.717, 1.165) is 24.2 Å². The average Bonchev–Trinajstić information content (AvgIpc) is 3.09. The van der Waals surface area contributed by atoms with E-state index in [1.165, 1.54) is 0 Å². The van der Waals surface area contributed by atoms with Gasteiger partial charge in [0.15, 0.2) is 0 Å². The van der Waals surface area contributed by atoms with Crippen LogP contribution in [-0.4, -0.2) is 34.4 Å². The highest BCUT2D eigenvalue weighted by molar-refractivity contribution is 5.79. The van der Waals surface area contributed by atoms with Crippen LogP contribution in [0.1, 0.15) is 41.5 Å². The maximum atomic E-state index is 12.8. The number of amides is 1. The van der Waals surface area contributed by atoms with Crippen LogP contribution in [0.3, 0.4) is 0 Å². The predicted molar refractivity (Wildman–Crippen MR) is 94.7 cm³/mol. The third-order valence-electron chi connectivity index (χ3n) is 4.79. The fourth-order valence-electron chi connectivity index (χ4n) is 3.23. The summed E-state index contributed by atoms with van der Waals surface area (Å²) in [6.45, 7) is 4.26. The summed E-state index contributed by atoms with van der Waals surface area (Å²) in [6, 6.07) is 7.37. The van der Waals surface area contributed by atoms with Crippen molar-refractivity contribution in [1.82, 2.24) is 14.9 Å². The molecule has 1 aromatic carbocycles. The molecule has 6 heteroatoms. The number of nitrogens with zero attached hydrogens (tertiary/aromatic N) is 2. The smallest absolute Gasteiger partial charge is 0.254 e. The monoisotopic (exact) mass is 341 g/mol. The van der Waals surface area contributed by atoms with Gasteiger partial charge in [-0.2, -0.15) is 0 Å². The van der Waals surface area contributed by atoms with Crippen LogP contribution in [0, 0.1) is 13.8 Å². The molecule has 6 nitrogen and oxygen atoms in total. The van der Waals surface area contributed by atoms with Crippen molar-refractivity contribution in [2.24, 2.45) is 0 Å². The number of ether oxygens (including phenoxy) is 1. The van der Waals surface area contributed by atoms with Gasteiger partial charge in [0.05, 0.1) is 19.6 Å². The highest BCUT2D eigenvalue weighted by Gasteiger charge is 2.31. The van der Waals surface area contributed by atoms with Gasteiger partial charge in [-0.3, -0.25) is 9.59 Å². The van der Waals surface area contributed by atoms with Gasteiger partial charge in [0.25, 0.3) is 5.56 Å². The standard InChI is InChI=1S/C19H23N3O3/c1-12-13(2)20-18(21-19(12)24)16-8-5-9-22(16)17(23)11-14-6-4-7-15(10-14)25-3/h4,6-7,10,16H,5,8-9,11H2,1-3H3,(H,20,21,24). The van der Waals surface area contributed by atoms with Crippen LogP contribution in [0.25, 0.3) is 0 Å². The first kappa shape index (κ1) is 17.2. The SMILES string of the molecule is COc1cccc(CC(=O)N2CCCC2c2nc(C)c(C)c(=O)[nH]2)c1. The lowest BCUT2D eigenvalue weighted by atomic mass is 10.1. The lowest BCUT2D eigenvalue weighted by Crippen LogP contribution is -2.34. The van der Waals surface area contributed by atoms with Crippen molar-refractivity contribution in [3.63, 3.8) is 0 Å². The van der Waals surface area contributed by atoms with E-state index in [4.69, 9.17) is 4.74 Å². The molecule has 3 rings (SSSR count). The van der Waals surface area contributed by atoms with Gasteiger partial charge >= 0.3 is 0 Å². The summed E-state index contributed by atoms with van der Waals surface area (Å²) >= 11 is 0. The van der Waals surface area contributed by atoms with Crippen LogP contribution in [0.4, 0.5) is 0 Å². The van der Waals surface area contributed by atoms with Gasteiger partial charge < -0.3 is 14.6 Å². The third kappa shape index (κ3) is 3.57. The zero-order valence-corrected chi connectivity index (χ0v) is 14.8. The van der Waals surface area contributed by atoms with Crippen molar-refractivity contribution < 1.29 is 9.53 Å². The minimum atomic E-state index is -0.162. The maximum Gasteiger partial charge on any atom is 0.254 e. The summed E-state index contributed by atoms with van der Waals surface area (Å²) in [7, 11) is 1.61. The van der Waals surface area contributed by atoms with Crippen LogP contribution < -0.4 is 10.3 Å². The van der Waals surface area contributed by atoms with E-state index in [-0.39, 0.29) is 17.5 Å². The molecule has 1 aliphatic heterocycles. The Labute approximate surface area is 146 Å². The van der Waals surface area contributed by atoms with Crippen molar-refractivity contribution in [3.05, 3.63) is 57.3 Å². The second kappa shape index (κ2) is 7.09. The first-order valence-electron chi connectivity index (χ1n) is 8.49. The summed E-state index contributed by atoms with van der Waals surface area (Å²) in [5.41, 5.74) is 2.12.